The molecule has 0 saturated carbocycles. The van der Waals surface area contributed by atoms with Crippen LogP contribution in [0.3, 0.4) is 0 Å². The minimum atomic E-state index is -0.992. The first-order valence-corrected chi connectivity index (χ1v) is 7.43. The van der Waals surface area contributed by atoms with E-state index >= 15 is 0 Å². The summed E-state index contributed by atoms with van der Waals surface area (Å²) >= 11 is 0. The van der Waals surface area contributed by atoms with E-state index in [0.717, 1.165) is 11.1 Å². The topological polar surface area (TPSA) is 63.6 Å². The zero-order valence-electron chi connectivity index (χ0n) is 13.3. The van der Waals surface area contributed by atoms with Crippen molar-refractivity contribution in [2.24, 2.45) is 0 Å². The van der Waals surface area contributed by atoms with Gasteiger partial charge in [-0.2, -0.15) is 0 Å². The summed E-state index contributed by atoms with van der Waals surface area (Å²) in [5, 5.41) is 9.12. The van der Waals surface area contributed by atoms with Crippen LogP contribution >= 0.6 is 0 Å². The van der Waals surface area contributed by atoms with Crippen LogP contribution in [0.25, 0.3) is 0 Å². The fourth-order valence-corrected chi connectivity index (χ4v) is 2.94. The maximum absolute atomic E-state index is 12.6. The van der Waals surface area contributed by atoms with Crippen LogP contribution in [0.4, 0.5) is 0 Å². The number of Topliss-reactive ketones (excluding diaryl/α,β-unsaturated/α-hetero) is 1. The molecule has 0 fully saturated rings. The van der Waals surface area contributed by atoms with E-state index < -0.39 is 11.4 Å². The Bertz CT molecular complexity index is 694. The molecular formula is C19H20O4. The summed E-state index contributed by atoms with van der Waals surface area (Å²) in [5.74, 6) is -0.368. The molecule has 0 radical (unpaired) electrons. The van der Waals surface area contributed by atoms with Crippen LogP contribution in [0, 0.1) is 0 Å². The third kappa shape index (κ3) is 3.42. The Morgan fingerprint density at radius 1 is 1.04 bits per heavy atom. The van der Waals surface area contributed by atoms with E-state index in [1.54, 1.807) is 19.2 Å². The number of hydrogen-bond acceptors (Lipinski definition) is 3. The third-order valence-corrected chi connectivity index (χ3v) is 4.14. The lowest BCUT2D eigenvalue weighted by Gasteiger charge is -2.32. The molecule has 0 saturated heterocycles. The number of carboxylic acid groups (broad SMARTS) is 1. The number of benzene rings is 2. The second kappa shape index (κ2) is 7.09. The standard InChI is InChI=1S/C19H20O4/c1-14(20)19(12-11-18(21)22,15-7-4-3-5-8-15)16-9-6-10-17(13-16)23-2/h3-10,13H,11-12H2,1-2H3,(H,21,22). The molecule has 1 atom stereocenters. The van der Waals surface area contributed by atoms with Crippen LogP contribution in [0.5, 0.6) is 5.75 Å². The molecule has 1 N–H and O–H groups in total. The maximum Gasteiger partial charge on any atom is 0.303 e. The van der Waals surface area contributed by atoms with Crippen molar-refractivity contribution in [2.45, 2.75) is 25.2 Å². The number of ether oxygens (including phenoxy) is 1. The highest BCUT2D eigenvalue weighted by Gasteiger charge is 2.39. The molecule has 2 aromatic rings. The molecule has 0 bridgehead atoms. The van der Waals surface area contributed by atoms with Crippen LogP contribution in [-0.4, -0.2) is 24.0 Å². The summed E-state index contributed by atoms with van der Waals surface area (Å²) in [4.78, 5) is 23.8. The summed E-state index contributed by atoms with van der Waals surface area (Å²) < 4.78 is 5.26. The Hall–Kier alpha value is -2.62. The minimum absolute atomic E-state index is 0.0850. The highest BCUT2D eigenvalue weighted by atomic mass is 16.5. The van der Waals surface area contributed by atoms with Gasteiger partial charge in [-0.3, -0.25) is 9.59 Å². The van der Waals surface area contributed by atoms with E-state index in [1.807, 2.05) is 42.5 Å². The summed E-state index contributed by atoms with van der Waals surface area (Å²) in [6.45, 7) is 1.51. The number of carbonyl (C=O) groups excluding carboxylic acids is 1. The average Bonchev–Trinajstić information content (AvgIpc) is 2.56. The van der Waals surface area contributed by atoms with Gasteiger partial charge in [-0.25, -0.2) is 0 Å². The van der Waals surface area contributed by atoms with Crippen molar-refractivity contribution in [1.29, 1.82) is 0 Å². The number of methoxy groups -OCH3 is 1. The van der Waals surface area contributed by atoms with Gasteiger partial charge in [0.1, 0.15) is 11.5 Å². The molecule has 23 heavy (non-hydrogen) atoms. The van der Waals surface area contributed by atoms with Crippen molar-refractivity contribution in [3.05, 3.63) is 65.7 Å². The lowest BCUT2D eigenvalue weighted by atomic mass is 9.68. The number of aliphatic carboxylic acids is 1. The molecule has 0 heterocycles. The van der Waals surface area contributed by atoms with Gasteiger partial charge in [-0.05, 0) is 36.6 Å². The van der Waals surface area contributed by atoms with Crippen LogP contribution in [0.2, 0.25) is 0 Å². The molecule has 120 valence electrons. The fourth-order valence-electron chi connectivity index (χ4n) is 2.94. The van der Waals surface area contributed by atoms with Crippen molar-refractivity contribution in [1.82, 2.24) is 0 Å². The Morgan fingerprint density at radius 3 is 2.26 bits per heavy atom. The van der Waals surface area contributed by atoms with Crippen LogP contribution in [0.1, 0.15) is 30.9 Å². The van der Waals surface area contributed by atoms with Gasteiger partial charge in [0.05, 0.1) is 12.5 Å². The normalized spacial score (nSPS) is 13.1. The zero-order chi connectivity index (χ0) is 16.9. The lowest BCUT2D eigenvalue weighted by molar-refractivity contribution is -0.137. The summed E-state index contributed by atoms with van der Waals surface area (Å²) in [7, 11) is 1.56. The number of carboxylic acids is 1. The number of carbonyl (C=O) groups is 2. The van der Waals surface area contributed by atoms with Gasteiger partial charge in [0.2, 0.25) is 0 Å². The second-order valence-corrected chi connectivity index (χ2v) is 5.45. The zero-order valence-corrected chi connectivity index (χ0v) is 13.3. The first-order valence-electron chi connectivity index (χ1n) is 7.43. The van der Waals surface area contributed by atoms with Gasteiger partial charge < -0.3 is 9.84 Å². The van der Waals surface area contributed by atoms with Gasteiger partial charge in [0, 0.05) is 6.42 Å². The smallest absolute Gasteiger partial charge is 0.303 e. The van der Waals surface area contributed by atoms with Gasteiger partial charge in [-0.15, -0.1) is 0 Å². The second-order valence-electron chi connectivity index (χ2n) is 5.45. The van der Waals surface area contributed by atoms with Crippen molar-refractivity contribution in [3.63, 3.8) is 0 Å². The van der Waals surface area contributed by atoms with Crippen LogP contribution in [0.15, 0.2) is 54.6 Å². The first kappa shape index (κ1) is 16.7. The fraction of sp³-hybridized carbons (Fsp3) is 0.263. The molecule has 4 heteroatoms. The van der Waals surface area contributed by atoms with Gasteiger partial charge >= 0.3 is 5.97 Å². The predicted octanol–water partition coefficient (Wildman–Crippen LogP) is 3.44. The predicted molar refractivity (Wildman–Crippen MR) is 87.8 cm³/mol. The van der Waals surface area contributed by atoms with E-state index in [2.05, 4.69) is 0 Å². The quantitative estimate of drug-likeness (QED) is 0.850. The minimum Gasteiger partial charge on any atom is -0.497 e. The SMILES string of the molecule is COc1cccc(C(CCC(=O)O)(C(C)=O)c2ccccc2)c1. The Kier molecular flexibility index (Phi) is 5.16. The van der Waals surface area contributed by atoms with E-state index in [9.17, 15) is 9.59 Å². The Morgan fingerprint density at radius 2 is 1.70 bits per heavy atom. The molecule has 0 aliphatic carbocycles. The molecular weight excluding hydrogens is 292 g/mol. The monoisotopic (exact) mass is 312 g/mol. The van der Waals surface area contributed by atoms with Crippen LogP contribution < -0.4 is 4.74 Å². The van der Waals surface area contributed by atoms with Crippen molar-refractivity contribution >= 4 is 11.8 Å². The molecule has 0 aromatic heterocycles. The van der Waals surface area contributed by atoms with Crippen molar-refractivity contribution in [2.75, 3.05) is 7.11 Å². The summed E-state index contributed by atoms with van der Waals surface area (Å²) in [6.07, 6.45) is 0.112. The third-order valence-electron chi connectivity index (χ3n) is 4.14. The van der Waals surface area contributed by atoms with Crippen molar-refractivity contribution in [3.8, 4) is 5.75 Å². The molecule has 4 nitrogen and oxygen atoms in total. The van der Waals surface area contributed by atoms with E-state index in [-0.39, 0.29) is 18.6 Å². The molecule has 2 rings (SSSR count). The Labute approximate surface area is 135 Å². The molecule has 0 aliphatic rings. The molecule has 0 aliphatic heterocycles. The first-order chi connectivity index (χ1) is 11.0. The molecule has 2 aromatic carbocycles. The lowest BCUT2D eigenvalue weighted by Crippen LogP contribution is -2.36. The average molecular weight is 312 g/mol. The largest absolute Gasteiger partial charge is 0.497 e. The van der Waals surface area contributed by atoms with Gasteiger partial charge in [0.15, 0.2) is 0 Å². The van der Waals surface area contributed by atoms with E-state index in [4.69, 9.17) is 9.84 Å². The number of rotatable bonds is 7. The molecule has 0 amide bonds. The molecule has 1 unspecified atom stereocenters. The highest BCUT2D eigenvalue weighted by molar-refractivity contribution is 5.92. The van der Waals surface area contributed by atoms with E-state index in [0.29, 0.717) is 5.75 Å². The number of ketones is 1. The molecule has 0 spiro atoms. The summed E-state index contributed by atoms with van der Waals surface area (Å²) in [5.41, 5.74) is 0.549. The van der Waals surface area contributed by atoms with E-state index in [1.165, 1.54) is 6.92 Å². The highest BCUT2D eigenvalue weighted by Crippen LogP contribution is 2.39. The van der Waals surface area contributed by atoms with Gasteiger partial charge in [-0.1, -0.05) is 42.5 Å². The summed E-state index contributed by atoms with van der Waals surface area (Å²) in [6, 6.07) is 16.6. The van der Waals surface area contributed by atoms with Crippen molar-refractivity contribution < 1.29 is 19.4 Å². The maximum atomic E-state index is 12.6. The van der Waals surface area contributed by atoms with Crippen LogP contribution in [-0.2, 0) is 15.0 Å². The number of hydrogen-bond donors (Lipinski definition) is 1. The Balaban J connectivity index is 2.65. The van der Waals surface area contributed by atoms with Gasteiger partial charge in [0.25, 0.3) is 0 Å².